The maximum Gasteiger partial charge on any atom is 0.330 e. The predicted octanol–water partition coefficient (Wildman–Crippen LogP) is -1.72. The average Bonchev–Trinajstić information content (AvgIpc) is 2.82. The van der Waals surface area contributed by atoms with Crippen molar-refractivity contribution in [2.45, 2.75) is 31.1 Å². The van der Waals surface area contributed by atoms with Crippen molar-refractivity contribution in [3.63, 3.8) is 0 Å². The molecule has 3 N–H and O–H groups in total. The van der Waals surface area contributed by atoms with Gasteiger partial charge in [-0.1, -0.05) is 17.4 Å². The van der Waals surface area contributed by atoms with Crippen LogP contribution in [-0.4, -0.2) is 53.1 Å². The van der Waals surface area contributed by atoms with Crippen molar-refractivity contribution in [3.8, 4) is 0 Å². The van der Waals surface area contributed by atoms with Gasteiger partial charge in [0.25, 0.3) is 0 Å². The number of aliphatic hydroxyl groups is 2. The van der Waals surface area contributed by atoms with Crippen LogP contribution in [0.4, 0.5) is 0 Å². The Bertz CT molecular complexity index is 794. The second-order valence-electron chi connectivity index (χ2n) is 4.62. The molecule has 4 atom stereocenters. The fraction of sp³-hybridized carbons (Fsp3) is 0.556. The smallest absolute Gasteiger partial charge is 0.330 e. The Morgan fingerprint density at radius 1 is 1.42 bits per heavy atom. The number of fused-ring (bicyclic) bond motifs is 3. The van der Waals surface area contributed by atoms with Crippen LogP contribution in [0.2, 0.25) is 0 Å². The molecule has 0 amide bonds. The number of aromatic nitrogens is 5. The standard InChI is InChI=1S/C9H9N5O4S/c15-4-2-1-13-7-3(11-12-13)6(19)10-9(17)14(7)8(18-2)5(4)16/h2,4-5,8,15-16H,1H2,(H,10,17,19)/t2-,4-,5-,8?/m1/s1. The van der Waals surface area contributed by atoms with Crippen molar-refractivity contribution in [1.82, 2.24) is 24.5 Å². The summed E-state index contributed by atoms with van der Waals surface area (Å²) in [5.41, 5.74) is 0.236. The van der Waals surface area contributed by atoms with Gasteiger partial charge in [0.2, 0.25) is 0 Å². The summed E-state index contributed by atoms with van der Waals surface area (Å²) in [6.45, 7) is 0.198. The lowest BCUT2D eigenvalue weighted by atomic mass is 10.1. The highest BCUT2D eigenvalue weighted by molar-refractivity contribution is 7.71. The van der Waals surface area contributed by atoms with Gasteiger partial charge in [-0.2, -0.15) is 0 Å². The van der Waals surface area contributed by atoms with Crippen LogP contribution in [0.1, 0.15) is 6.23 Å². The summed E-state index contributed by atoms with van der Waals surface area (Å²) < 4.78 is 8.37. The molecule has 4 heterocycles. The highest BCUT2D eigenvalue weighted by atomic mass is 32.1. The molecule has 19 heavy (non-hydrogen) atoms. The third kappa shape index (κ3) is 1.28. The molecule has 2 aromatic rings. The SMILES string of the molecule is O=c1[nH]c(=S)c2nnn3c2n1C1O[C@H](C3)[C@@H](O)[C@H]1O. The largest absolute Gasteiger partial charge is 0.387 e. The third-order valence-corrected chi connectivity index (χ3v) is 3.83. The maximum atomic E-state index is 12.1. The zero-order chi connectivity index (χ0) is 13.3. The van der Waals surface area contributed by atoms with Gasteiger partial charge in [0.15, 0.2) is 17.4 Å². The van der Waals surface area contributed by atoms with Gasteiger partial charge in [-0.25, -0.2) is 14.0 Å². The van der Waals surface area contributed by atoms with Gasteiger partial charge in [0.05, 0.1) is 6.54 Å². The number of ether oxygens (including phenoxy) is 1. The van der Waals surface area contributed by atoms with E-state index in [-0.39, 0.29) is 11.2 Å². The molecule has 0 spiro atoms. The fourth-order valence-electron chi connectivity index (χ4n) is 2.63. The summed E-state index contributed by atoms with van der Waals surface area (Å²) in [4.78, 5) is 14.5. The number of nitrogens with one attached hydrogen (secondary N) is 1. The third-order valence-electron chi connectivity index (χ3n) is 3.54. The molecule has 1 unspecified atom stereocenters. The number of nitrogens with zero attached hydrogens (tertiary/aromatic N) is 4. The number of hydrogen-bond acceptors (Lipinski definition) is 7. The summed E-state index contributed by atoms with van der Waals surface area (Å²) in [6.07, 6.45) is -3.87. The Morgan fingerprint density at radius 2 is 2.21 bits per heavy atom. The summed E-state index contributed by atoms with van der Waals surface area (Å²) in [6, 6.07) is 0. The molecule has 4 rings (SSSR count). The Labute approximate surface area is 110 Å². The van der Waals surface area contributed by atoms with Crippen molar-refractivity contribution in [2.75, 3.05) is 0 Å². The van der Waals surface area contributed by atoms with E-state index in [0.29, 0.717) is 11.2 Å². The van der Waals surface area contributed by atoms with Crippen molar-refractivity contribution in [1.29, 1.82) is 0 Å². The average molecular weight is 283 g/mol. The van der Waals surface area contributed by atoms with E-state index in [4.69, 9.17) is 17.0 Å². The zero-order valence-corrected chi connectivity index (χ0v) is 10.2. The van der Waals surface area contributed by atoms with Crippen molar-refractivity contribution in [3.05, 3.63) is 15.1 Å². The molecule has 1 saturated heterocycles. The van der Waals surface area contributed by atoms with Crippen molar-refractivity contribution >= 4 is 23.4 Å². The minimum absolute atomic E-state index is 0.190. The first-order valence-electron chi connectivity index (χ1n) is 5.67. The molecule has 9 nitrogen and oxygen atoms in total. The first kappa shape index (κ1) is 11.2. The van der Waals surface area contributed by atoms with Gasteiger partial charge >= 0.3 is 5.69 Å². The van der Waals surface area contributed by atoms with Gasteiger partial charge in [-0.15, -0.1) is 5.10 Å². The van der Waals surface area contributed by atoms with Gasteiger partial charge in [0.1, 0.15) is 23.0 Å². The minimum atomic E-state index is -1.18. The van der Waals surface area contributed by atoms with Crippen LogP contribution in [0.3, 0.4) is 0 Å². The van der Waals surface area contributed by atoms with E-state index >= 15 is 0 Å². The lowest BCUT2D eigenvalue weighted by Gasteiger charge is -2.19. The van der Waals surface area contributed by atoms with Crippen LogP contribution < -0.4 is 5.69 Å². The highest BCUT2D eigenvalue weighted by Crippen LogP contribution is 2.33. The molecule has 0 radical (unpaired) electrons. The van der Waals surface area contributed by atoms with E-state index < -0.39 is 30.2 Å². The van der Waals surface area contributed by atoms with Crippen molar-refractivity contribution < 1.29 is 14.9 Å². The van der Waals surface area contributed by atoms with Gasteiger partial charge in [0, 0.05) is 0 Å². The van der Waals surface area contributed by atoms with Gasteiger partial charge < -0.3 is 14.9 Å². The molecule has 1 fully saturated rings. The van der Waals surface area contributed by atoms with E-state index in [9.17, 15) is 15.0 Å². The topological polar surface area (TPSA) is 118 Å². The first-order chi connectivity index (χ1) is 9.08. The Kier molecular flexibility index (Phi) is 2.05. The number of aliphatic hydroxyl groups excluding tert-OH is 2. The minimum Gasteiger partial charge on any atom is -0.387 e. The predicted molar refractivity (Wildman–Crippen MR) is 62.9 cm³/mol. The van der Waals surface area contributed by atoms with Crippen LogP contribution in [-0.2, 0) is 11.3 Å². The van der Waals surface area contributed by atoms with Crippen LogP contribution in [0, 0.1) is 4.64 Å². The normalized spacial score (nSPS) is 32.7. The monoisotopic (exact) mass is 283 g/mol. The molecule has 0 saturated carbocycles. The summed E-state index contributed by atoms with van der Waals surface area (Å²) in [5, 5.41) is 27.7. The Hall–Kier alpha value is -1.62. The highest BCUT2D eigenvalue weighted by Gasteiger charge is 2.47. The maximum absolute atomic E-state index is 12.1. The molecule has 2 aliphatic rings. The molecule has 2 bridgehead atoms. The van der Waals surface area contributed by atoms with Crippen LogP contribution >= 0.6 is 12.2 Å². The first-order valence-corrected chi connectivity index (χ1v) is 6.08. The molecule has 0 aliphatic carbocycles. The molecule has 100 valence electrons. The second-order valence-corrected chi connectivity index (χ2v) is 5.03. The van der Waals surface area contributed by atoms with Crippen LogP contribution in [0.15, 0.2) is 4.79 Å². The van der Waals surface area contributed by atoms with E-state index in [0.717, 1.165) is 0 Å². The summed E-state index contributed by atoms with van der Waals surface area (Å²) >= 11 is 5.03. The van der Waals surface area contributed by atoms with E-state index in [1.807, 2.05) is 0 Å². The number of rotatable bonds is 0. The quantitative estimate of drug-likeness (QED) is 0.492. The van der Waals surface area contributed by atoms with E-state index in [1.165, 1.54) is 9.25 Å². The Balaban J connectivity index is 2.14. The molecule has 2 aromatic heterocycles. The lowest BCUT2D eigenvalue weighted by molar-refractivity contribution is -0.0357. The lowest BCUT2D eigenvalue weighted by Crippen LogP contribution is -2.39. The number of aromatic amines is 1. The van der Waals surface area contributed by atoms with E-state index in [1.54, 1.807) is 0 Å². The van der Waals surface area contributed by atoms with Gasteiger partial charge in [-0.3, -0.25) is 4.98 Å². The molecule has 2 aliphatic heterocycles. The molecular weight excluding hydrogens is 274 g/mol. The van der Waals surface area contributed by atoms with Crippen molar-refractivity contribution in [2.24, 2.45) is 0 Å². The zero-order valence-electron chi connectivity index (χ0n) is 9.42. The van der Waals surface area contributed by atoms with Crippen LogP contribution in [0.5, 0.6) is 0 Å². The fourth-order valence-corrected chi connectivity index (χ4v) is 2.85. The van der Waals surface area contributed by atoms with Crippen LogP contribution in [0.25, 0.3) is 11.2 Å². The number of H-pyrrole nitrogens is 1. The summed E-state index contributed by atoms with van der Waals surface area (Å²) in [7, 11) is 0. The molecule has 10 heteroatoms. The van der Waals surface area contributed by atoms with Gasteiger partial charge in [-0.05, 0) is 0 Å². The molecule has 0 aromatic carbocycles. The molecular formula is C9H9N5O4S. The second kappa shape index (κ2) is 3.48. The summed E-state index contributed by atoms with van der Waals surface area (Å²) in [5.74, 6) is 0. The number of hydrogen-bond donors (Lipinski definition) is 3. The Morgan fingerprint density at radius 3 is 3.00 bits per heavy atom. The van der Waals surface area contributed by atoms with E-state index in [2.05, 4.69) is 15.3 Å².